The van der Waals surface area contributed by atoms with E-state index < -0.39 is 0 Å². The van der Waals surface area contributed by atoms with E-state index in [2.05, 4.69) is 17.2 Å². The van der Waals surface area contributed by atoms with Crippen LogP contribution in [0.25, 0.3) is 0 Å². The van der Waals surface area contributed by atoms with Gasteiger partial charge >= 0.3 is 0 Å². The Labute approximate surface area is 144 Å². The van der Waals surface area contributed by atoms with E-state index in [0.29, 0.717) is 11.0 Å². The number of fused-ring (bicyclic) bond motifs is 1. The fourth-order valence-corrected chi connectivity index (χ4v) is 4.73. The average Bonchev–Trinajstić information content (AvgIpc) is 3.10. The summed E-state index contributed by atoms with van der Waals surface area (Å²) in [5.41, 5.74) is 1.13. The maximum absolute atomic E-state index is 12.0. The van der Waals surface area contributed by atoms with Crippen LogP contribution in [-0.2, 0) is 17.6 Å². The molecule has 23 heavy (non-hydrogen) atoms. The van der Waals surface area contributed by atoms with E-state index >= 15 is 0 Å². The van der Waals surface area contributed by atoms with Crippen LogP contribution < -0.4 is 5.32 Å². The number of thiophene rings is 1. The molecule has 1 atom stereocenters. The summed E-state index contributed by atoms with van der Waals surface area (Å²) < 4.78 is 0. The van der Waals surface area contributed by atoms with E-state index in [0.717, 1.165) is 28.3 Å². The molecule has 6 heteroatoms. The Morgan fingerprint density at radius 2 is 2.13 bits per heavy atom. The molecule has 0 spiro atoms. The molecular formula is C17H20N2O2S2. The minimum absolute atomic E-state index is 0.0329. The van der Waals surface area contributed by atoms with Crippen molar-refractivity contribution in [3.63, 3.8) is 0 Å². The van der Waals surface area contributed by atoms with Crippen LogP contribution in [0, 0.1) is 12.8 Å². The third kappa shape index (κ3) is 4.06. The van der Waals surface area contributed by atoms with Gasteiger partial charge in [0.1, 0.15) is 0 Å². The van der Waals surface area contributed by atoms with Crippen molar-refractivity contribution in [2.24, 2.45) is 5.92 Å². The molecule has 1 amide bonds. The summed E-state index contributed by atoms with van der Waals surface area (Å²) in [4.78, 5) is 31.7. The van der Waals surface area contributed by atoms with Crippen LogP contribution in [0.3, 0.4) is 0 Å². The Hall–Kier alpha value is -1.53. The number of hydrogen-bond donors (Lipinski definition) is 1. The van der Waals surface area contributed by atoms with Crippen LogP contribution in [0.2, 0.25) is 0 Å². The van der Waals surface area contributed by atoms with Gasteiger partial charge < -0.3 is 5.32 Å². The van der Waals surface area contributed by atoms with E-state index in [-0.39, 0.29) is 24.5 Å². The highest BCUT2D eigenvalue weighted by Crippen LogP contribution is 2.32. The fraction of sp³-hybridized carbons (Fsp3) is 0.471. The van der Waals surface area contributed by atoms with Crippen LogP contribution in [0.15, 0.2) is 12.1 Å². The summed E-state index contributed by atoms with van der Waals surface area (Å²) in [6.45, 7) is 4.22. The van der Waals surface area contributed by atoms with Crippen molar-refractivity contribution in [1.82, 2.24) is 4.98 Å². The number of aryl methyl sites for hydroxylation is 2. The molecule has 2 aromatic heterocycles. The largest absolute Gasteiger partial charge is 0.302 e. The lowest BCUT2D eigenvalue weighted by Gasteiger charge is -2.15. The Morgan fingerprint density at radius 3 is 2.87 bits per heavy atom. The van der Waals surface area contributed by atoms with E-state index in [4.69, 9.17) is 0 Å². The van der Waals surface area contributed by atoms with Gasteiger partial charge in [-0.3, -0.25) is 9.59 Å². The highest BCUT2D eigenvalue weighted by atomic mass is 32.1. The maximum atomic E-state index is 12.0. The molecule has 2 aromatic rings. The van der Waals surface area contributed by atoms with Gasteiger partial charge in [0.25, 0.3) is 0 Å². The highest BCUT2D eigenvalue weighted by molar-refractivity contribution is 7.16. The summed E-state index contributed by atoms with van der Waals surface area (Å²) in [5.74, 6) is 0.592. The molecular weight excluding hydrogens is 328 g/mol. The molecule has 2 heterocycles. The molecule has 0 saturated heterocycles. The van der Waals surface area contributed by atoms with Crippen LogP contribution in [0.5, 0.6) is 0 Å². The van der Waals surface area contributed by atoms with E-state index in [1.54, 1.807) is 11.3 Å². The predicted molar refractivity (Wildman–Crippen MR) is 94.6 cm³/mol. The lowest BCUT2D eigenvalue weighted by molar-refractivity contribution is -0.116. The lowest BCUT2D eigenvalue weighted by Crippen LogP contribution is -2.13. The van der Waals surface area contributed by atoms with Gasteiger partial charge in [-0.25, -0.2) is 4.98 Å². The first-order valence-electron chi connectivity index (χ1n) is 7.89. The molecule has 1 aliphatic carbocycles. The van der Waals surface area contributed by atoms with Gasteiger partial charge in [-0.1, -0.05) is 6.92 Å². The smallest absolute Gasteiger partial charge is 0.226 e. The molecule has 4 nitrogen and oxygen atoms in total. The first kappa shape index (κ1) is 16.3. The average molecular weight is 348 g/mol. The van der Waals surface area contributed by atoms with Gasteiger partial charge in [0.15, 0.2) is 10.9 Å². The molecule has 1 N–H and O–H groups in total. The number of hydrogen-bond acceptors (Lipinski definition) is 5. The number of carbonyl (C=O) groups is 2. The number of ketones is 1. The zero-order valence-electron chi connectivity index (χ0n) is 13.3. The number of carbonyl (C=O) groups excluding carboxylic acids is 2. The number of rotatable bonds is 5. The van der Waals surface area contributed by atoms with Gasteiger partial charge in [-0.15, -0.1) is 22.7 Å². The molecule has 0 aromatic carbocycles. The van der Waals surface area contributed by atoms with Gasteiger partial charge in [0, 0.05) is 22.6 Å². The third-order valence-electron chi connectivity index (χ3n) is 4.03. The van der Waals surface area contributed by atoms with Gasteiger partial charge in [0.2, 0.25) is 5.91 Å². The molecule has 3 rings (SSSR count). The van der Waals surface area contributed by atoms with E-state index in [1.165, 1.54) is 22.6 Å². The van der Waals surface area contributed by atoms with E-state index in [1.807, 2.05) is 19.1 Å². The molecule has 1 aliphatic rings. The van der Waals surface area contributed by atoms with Crippen LogP contribution >= 0.6 is 22.7 Å². The van der Waals surface area contributed by atoms with Crippen LogP contribution in [0.4, 0.5) is 5.13 Å². The van der Waals surface area contributed by atoms with Crippen molar-refractivity contribution in [2.75, 3.05) is 5.32 Å². The van der Waals surface area contributed by atoms with Crippen molar-refractivity contribution in [3.8, 4) is 0 Å². The fourth-order valence-electron chi connectivity index (χ4n) is 2.71. The first-order valence-corrected chi connectivity index (χ1v) is 9.52. The monoisotopic (exact) mass is 348 g/mol. The van der Waals surface area contributed by atoms with E-state index in [9.17, 15) is 9.59 Å². The number of amides is 1. The zero-order valence-corrected chi connectivity index (χ0v) is 15.0. The predicted octanol–water partition coefficient (Wildman–Crippen LogP) is 4.24. The second kappa shape index (κ2) is 6.93. The number of anilines is 1. The Kier molecular flexibility index (Phi) is 4.92. The topological polar surface area (TPSA) is 59.1 Å². The molecule has 0 bridgehead atoms. The Balaban J connectivity index is 1.52. The number of nitrogens with zero attached hydrogens (tertiary/aromatic N) is 1. The molecule has 122 valence electrons. The number of aromatic nitrogens is 1. The lowest BCUT2D eigenvalue weighted by atomic mass is 9.93. The van der Waals surface area contributed by atoms with Gasteiger partial charge in [-0.05, 0) is 44.2 Å². The first-order chi connectivity index (χ1) is 11.0. The van der Waals surface area contributed by atoms with Gasteiger partial charge in [-0.2, -0.15) is 0 Å². The summed E-state index contributed by atoms with van der Waals surface area (Å²) in [6.07, 6.45) is 3.67. The molecule has 0 radical (unpaired) electrons. The van der Waals surface area contributed by atoms with Crippen molar-refractivity contribution < 1.29 is 9.59 Å². The molecule has 0 aliphatic heterocycles. The second-order valence-electron chi connectivity index (χ2n) is 6.12. The number of nitrogens with one attached hydrogen (secondary N) is 1. The van der Waals surface area contributed by atoms with Crippen LogP contribution in [0.1, 0.15) is 51.3 Å². The standard InChI is InChI=1S/C17H20N2O2S2/c1-10-3-5-12-15(9-10)23-17(18-12)19-16(21)8-6-13(20)14-7-4-11(2)22-14/h4,7,10H,3,5-6,8-9H2,1-2H3,(H,18,19,21)/t10-/m1/s1. The SMILES string of the molecule is Cc1ccc(C(=O)CCC(=O)Nc2nc3c(s2)C[C@H](C)CC3)s1. The molecule has 0 fully saturated rings. The normalized spacial score (nSPS) is 16.9. The number of Topliss-reactive ketones (excluding diaryl/α,β-unsaturated/α-hetero) is 1. The molecule has 0 saturated carbocycles. The highest BCUT2D eigenvalue weighted by Gasteiger charge is 2.20. The van der Waals surface area contributed by atoms with Crippen molar-refractivity contribution in [1.29, 1.82) is 0 Å². The second-order valence-corrected chi connectivity index (χ2v) is 8.49. The minimum Gasteiger partial charge on any atom is -0.302 e. The maximum Gasteiger partial charge on any atom is 0.226 e. The Morgan fingerprint density at radius 1 is 1.30 bits per heavy atom. The number of thiazole rings is 1. The summed E-state index contributed by atoms with van der Waals surface area (Å²) >= 11 is 3.05. The summed E-state index contributed by atoms with van der Waals surface area (Å²) in [5, 5.41) is 3.52. The van der Waals surface area contributed by atoms with Crippen molar-refractivity contribution in [2.45, 2.75) is 46.0 Å². The molecule has 0 unspecified atom stereocenters. The quantitative estimate of drug-likeness (QED) is 0.822. The minimum atomic E-state index is -0.134. The third-order valence-corrected chi connectivity index (χ3v) is 6.10. The van der Waals surface area contributed by atoms with Crippen molar-refractivity contribution >= 4 is 39.5 Å². The summed E-state index contributed by atoms with van der Waals surface area (Å²) in [7, 11) is 0. The summed E-state index contributed by atoms with van der Waals surface area (Å²) in [6, 6.07) is 3.76. The van der Waals surface area contributed by atoms with Crippen LogP contribution in [-0.4, -0.2) is 16.7 Å². The Bertz CT molecular complexity index is 733. The van der Waals surface area contributed by atoms with Crippen molar-refractivity contribution in [3.05, 3.63) is 32.5 Å². The zero-order chi connectivity index (χ0) is 16.4. The van der Waals surface area contributed by atoms with Gasteiger partial charge in [0.05, 0.1) is 10.6 Å².